The lowest BCUT2D eigenvalue weighted by atomic mass is 9.86. The topological polar surface area (TPSA) is 15.3 Å². The average molecular weight is 266 g/mol. The van der Waals surface area contributed by atoms with Gasteiger partial charge in [0.25, 0.3) is 0 Å². The van der Waals surface area contributed by atoms with Crippen molar-refractivity contribution < 1.29 is 0 Å². The van der Waals surface area contributed by atoms with E-state index in [9.17, 15) is 0 Å². The second kappa shape index (κ2) is 6.13. The van der Waals surface area contributed by atoms with Crippen molar-refractivity contribution in [3.63, 3.8) is 0 Å². The van der Waals surface area contributed by atoms with E-state index in [1.54, 1.807) is 0 Å². The summed E-state index contributed by atoms with van der Waals surface area (Å²) in [7, 11) is 0. The van der Waals surface area contributed by atoms with Crippen LogP contribution in [0.5, 0.6) is 0 Å². The third kappa shape index (κ3) is 3.52. The predicted octanol–water partition coefficient (Wildman–Crippen LogP) is 3.52. The molecule has 1 aliphatic carbocycles. The molecule has 0 aromatic rings. The second-order valence-corrected chi connectivity index (χ2v) is 7.63. The summed E-state index contributed by atoms with van der Waals surface area (Å²) in [6.07, 6.45) is 5.53. The monoisotopic (exact) mass is 266 g/mol. The lowest BCUT2D eigenvalue weighted by molar-refractivity contribution is 0.0202. The maximum atomic E-state index is 3.86. The predicted molar refractivity (Wildman–Crippen MR) is 83.4 cm³/mol. The molecule has 2 aliphatic rings. The van der Waals surface area contributed by atoms with Crippen LogP contribution in [-0.4, -0.2) is 36.1 Å². The van der Waals surface area contributed by atoms with Gasteiger partial charge in [-0.05, 0) is 50.5 Å². The lowest BCUT2D eigenvalue weighted by Crippen LogP contribution is -2.65. The first kappa shape index (κ1) is 15.3. The molecule has 0 bridgehead atoms. The van der Waals surface area contributed by atoms with Crippen LogP contribution in [0.25, 0.3) is 0 Å². The normalized spacial score (nSPS) is 34.7. The van der Waals surface area contributed by atoms with Crippen molar-refractivity contribution in [3.05, 3.63) is 0 Å². The third-order valence-electron chi connectivity index (χ3n) is 5.63. The number of hydrogen-bond donors (Lipinski definition) is 1. The Morgan fingerprint density at radius 3 is 2.47 bits per heavy atom. The van der Waals surface area contributed by atoms with Gasteiger partial charge in [0.1, 0.15) is 0 Å². The van der Waals surface area contributed by atoms with Gasteiger partial charge in [-0.1, -0.05) is 34.1 Å². The number of nitrogens with zero attached hydrogens (tertiary/aromatic N) is 1. The molecular weight excluding hydrogens is 232 g/mol. The Morgan fingerprint density at radius 2 is 1.95 bits per heavy atom. The highest BCUT2D eigenvalue weighted by Crippen LogP contribution is 2.44. The van der Waals surface area contributed by atoms with Crippen LogP contribution in [0, 0.1) is 17.8 Å². The zero-order chi connectivity index (χ0) is 14.0. The number of nitrogens with one attached hydrogen (secondary N) is 1. The first-order chi connectivity index (χ1) is 8.97. The summed E-state index contributed by atoms with van der Waals surface area (Å²) in [4.78, 5) is 2.83. The summed E-state index contributed by atoms with van der Waals surface area (Å²) in [6.45, 7) is 15.7. The zero-order valence-electron chi connectivity index (χ0n) is 13.7. The molecule has 1 N–H and O–H groups in total. The van der Waals surface area contributed by atoms with Gasteiger partial charge in [-0.3, -0.25) is 4.90 Å². The van der Waals surface area contributed by atoms with Crippen LogP contribution in [0.15, 0.2) is 0 Å². The summed E-state index contributed by atoms with van der Waals surface area (Å²) in [5.41, 5.74) is 0.429. The highest BCUT2D eigenvalue weighted by Gasteiger charge is 2.48. The van der Waals surface area contributed by atoms with Gasteiger partial charge in [0.2, 0.25) is 0 Å². The van der Waals surface area contributed by atoms with E-state index >= 15 is 0 Å². The standard InChI is InChI=1S/C17H34N2/c1-6-14(4)16-11-19(10-9-13(2)3)17(5,12-18-16)15-7-8-15/h13-16,18H,6-12H2,1-5H3. The largest absolute Gasteiger partial charge is 0.311 e. The van der Waals surface area contributed by atoms with Crippen LogP contribution in [0.1, 0.15) is 60.3 Å². The molecule has 2 rings (SSSR count). The van der Waals surface area contributed by atoms with E-state index in [0.717, 1.165) is 17.8 Å². The van der Waals surface area contributed by atoms with Gasteiger partial charge in [-0.15, -0.1) is 0 Å². The third-order valence-corrected chi connectivity index (χ3v) is 5.63. The fraction of sp³-hybridized carbons (Fsp3) is 1.00. The number of hydrogen-bond acceptors (Lipinski definition) is 2. The molecule has 0 spiro atoms. The van der Waals surface area contributed by atoms with Crippen LogP contribution in [-0.2, 0) is 0 Å². The van der Waals surface area contributed by atoms with Crippen LogP contribution in [0.2, 0.25) is 0 Å². The van der Waals surface area contributed by atoms with Crippen molar-refractivity contribution in [2.45, 2.75) is 71.9 Å². The maximum Gasteiger partial charge on any atom is 0.0334 e. The fourth-order valence-electron chi connectivity index (χ4n) is 3.49. The van der Waals surface area contributed by atoms with E-state index < -0.39 is 0 Å². The minimum absolute atomic E-state index is 0.429. The molecule has 0 radical (unpaired) electrons. The number of piperazine rings is 1. The Bertz CT molecular complexity index is 285. The van der Waals surface area contributed by atoms with Crippen molar-refractivity contribution in [2.75, 3.05) is 19.6 Å². The SMILES string of the molecule is CCC(C)C1CN(CCC(C)C)C(C)(C2CC2)CN1. The Hall–Kier alpha value is -0.0800. The first-order valence-electron chi connectivity index (χ1n) is 8.45. The minimum atomic E-state index is 0.429. The van der Waals surface area contributed by atoms with Gasteiger partial charge in [0.15, 0.2) is 0 Å². The fourth-order valence-corrected chi connectivity index (χ4v) is 3.49. The summed E-state index contributed by atoms with van der Waals surface area (Å²) in [6, 6.07) is 0.698. The molecule has 3 atom stereocenters. The van der Waals surface area contributed by atoms with Crippen molar-refractivity contribution in [2.24, 2.45) is 17.8 Å². The first-order valence-corrected chi connectivity index (χ1v) is 8.45. The van der Waals surface area contributed by atoms with Gasteiger partial charge in [-0.25, -0.2) is 0 Å². The molecule has 2 nitrogen and oxygen atoms in total. The highest BCUT2D eigenvalue weighted by atomic mass is 15.3. The molecule has 0 aromatic heterocycles. The van der Waals surface area contributed by atoms with Crippen molar-refractivity contribution in [1.82, 2.24) is 10.2 Å². The lowest BCUT2D eigenvalue weighted by Gasteiger charge is -2.50. The molecule has 0 aromatic carbocycles. The van der Waals surface area contributed by atoms with Crippen molar-refractivity contribution in [1.29, 1.82) is 0 Å². The Kier molecular flexibility index (Phi) is 4.94. The minimum Gasteiger partial charge on any atom is -0.311 e. The molecule has 1 saturated heterocycles. The summed E-state index contributed by atoms with van der Waals surface area (Å²) < 4.78 is 0. The molecule has 1 saturated carbocycles. The van der Waals surface area contributed by atoms with Crippen LogP contribution in [0.3, 0.4) is 0 Å². The Labute approximate surface area is 120 Å². The van der Waals surface area contributed by atoms with E-state index in [2.05, 4.69) is 44.8 Å². The van der Waals surface area contributed by atoms with Crippen LogP contribution < -0.4 is 5.32 Å². The molecule has 3 unspecified atom stereocenters. The quantitative estimate of drug-likeness (QED) is 0.791. The molecule has 19 heavy (non-hydrogen) atoms. The van der Waals surface area contributed by atoms with Gasteiger partial charge in [0.05, 0.1) is 0 Å². The van der Waals surface area contributed by atoms with Crippen LogP contribution in [0.4, 0.5) is 0 Å². The summed E-state index contributed by atoms with van der Waals surface area (Å²) in [5, 5.41) is 3.86. The molecule has 2 heteroatoms. The molecule has 1 heterocycles. The second-order valence-electron chi connectivity index (χ2n) is 7.63. The van der Waals surface area contributed by atoms with Gasteiger partial charge >= 0.3 is 0 Å². The van der Waals surface area contributed by atoms with Crippen LogP contribution >= 0.6 is 0 Å². The van der Waals surface area contributed by atoms with E-state index in [4.69, 9.17) is 0 Å². The molecule has 2 fully saturated rings. The highest BCUT2D eigenvalue weighted by molar-refractivity contribution is 5.05. The van der Waals surface area contributed by atoms with E-state index in [-0.39, 0.29) is 0 Å². The van der Waals surface area contributed by atoms with E-state index in [1.807, 2.05) is 0 Å². The van der Waals surface area contributed by atoms with Gasteiger partial charge in [0, 0.05) is 24.7 Å². The van der Waals surface area contributed by atoms with Gasteiger partial charge < -0.3 is 5.32 Å². The Morgan fingerprint density at radius 1 is 1.26 bits per heavy atom. The van der Waals surface area contributed by atoms with Gasteiger partial charge in [-0.2, -0.15) is 0 Å². The zero-order valence-corrected chi connectivity index (χ0v) is 13.7. The molecule has 112 valence electrons. The number of rotatable bonds is 6. The smallest absolute Gasteiger partial charge is 0.0334 e. The molecular formula is C17H34N2. The van der Waals surface area contributed by atoms with E-state index in [1.165, 1.54) is 45.3 Å². The Balaban J connectivity index is 2.00. The van der Waals surface area contributed by atoms with Crippen molar-refractivity contribution in [3.8, 4) is 0 Å². The van der Waals surface area contributed by atoms with Crippen molar-refractivity contribution >= 4 is 0 Å². The maximum absolute atomic E-state index is 3.86. The molecule has 0 amide bonds. The van der Waals surface area contributed by atoms with E-state index in [0.29, 0.717) is 11.6 Å². The summed E-state index contributed by atoms with van der Waals surface area (Å²) >= 11 is 0. The summed E-state index contributed by atoms with van der Waals surface area (Å²) in [5.74, 6) is 2.57. The molecule has 1 aliphatic heterocycles. The average Bonchev–Trinajstić information content (AvgIpc) is 3.21.